The van der Waals surface area contributed by atoms with E-state index in [-0.39, 0.29) is 5.75 Å². The Kier molecular flexibility index (Phi) is 5.66. The number of ether oxygens (including phenoxy) is 1. The fraction of sp³-hybridized carbons (Fsp3) is 0.316. The molecule has 0 spiro atoms. The van der Waals surface area contributed by atoms with Crippen molar-refractivity contribution in [1.29, 1.82) is 0 Å². The van der Waals surface area contributed by atoms with Gasteiger partial charge in [0.25, 0.3) is 0 Å². The van der Waals surface area contributed by atoms with Crippen molar-refractivity contribution in [3.8, 4) is 11.5 Å². The topological polar surface area (TPSA) is 48.3 Å². The molecule has 1 aliphatic heterocycles. The molecule has 0 atom stereocenters. The summed E-state index contributed by atoms with van der Waals surface area (Å²) in [7, 11) is 0. The second-order valence-electron chi connectivity index (χ2n) is 5.79. The molecule has 0 unspecified atom stereocenters. The zero-order chi connectivity index (χ0) is 17.6. The number of para-hydroxylation sites is 1. The maximum absolute atomic E-state index is 10.2. The molecule has 1 fully saturated rings. The smallest absolute Gasteiger partial charge is 0.166 e. The lowest BCUT2D eigenvalue weighted by Gasteiger charge is -2.34. The molecule has 0 amide bonds. The number of halogens is 1. The molecule has 0 bridgehead atoms. The molecule has 25 heavy (non-hydrogen) atoms. The molecule has 0 saturated carbocycles. The number of rotatable bonds is 5. The summed E-state index contributed by atoms with van der Waals surface area (Å²) >= 11 is 5.94. The van der Waals surface area contributed by atoms with Crippen molar-refractivity contribution in [1.82, 2.24) is 5.01 Å². The second kappa shape index (κ2) is 8.12. The van der Waals surface area contributed by atoms with Crippen molar-refractivity contribution >= 4 is 23.5 Å². The lowest BCUT2D eigenvalue weighted by Crippen LogP contribution is -2.44. The van der Waals surface area contributed by atoms with Crippen LogP contribution in [0.5, 0.6) is 11.5 Å². The van der Waals surface area contributed by atoms with Crippen LogP contribution in [0.15, 0.2) is 47.6 Å². The molecule has 0 radical (unpaired) electrons. The summed E-state index contributed by atoms with van der Waals surface area (Å²) in [5, 5.41) is 17.5. The van der Waals surface area contributed by atoms with Gasteiger partial charge in [0.2, 0.25) is 0 Å². The van der Waals surface area contributed by atoms with Gasteiger partial charge in [-0.3, -0.25) is 5.01 Å². The summed E-state index contributed by atoms with van der Waals surface area (Å²) in [6.45, 7) is 5.84. The molecule has 3 rings (SSSR count). The van der Waals surface area contributed by atoms with Gasteiger partial charge in [-0.2, -0.15) is 5.10 Å². The van der Waals surface area contributed by atoms with Crippen LogP contribution in [0.2, 0.25) is 5.02 Å². The van der Waals surface area contributed by atoms with Crippen molar-refractivity contribution in [2.24, 2.45) is 5.10 Å². The SMILES string of the molecule is CCOc1cccc(/C=N\N2CCN(c3ccc(Cl)cc3)CC2)c1O. The van der Waals surface area contributed by atoms with Gasteiger partial charge in [0.1, 0.15) is 0 Å². The van der Waals surface area contributed by atoms with E-state index in [0.29, 0.717) is 17.9 Å². The first-order valence-electron chi connectivity index (χ1n) is 8.41. The van der Waals surface area contributed by atoms with Gasteiger partial charge >= 0.3 is 0 Å². The molecule has 132 valence electrons. The maximum atomic E-state index is 10.2. The van der Waals surface area contributed by atoms with Gasteiger partial charge in [0.05, 0.1) is 25.9 Å². The standard InChI is InChI=1S/C19H22ClN3O2/c1-2-25-18-5-3-4-15(19(18)24)14-21-23-12-10-22(11-13-23)17-8-6-16(20)7-9-17/h3-9,14,24H,2,10-13H2,1H3/b21-14-. The molecular weight excluding hydrogens is 338 g/mol. The molecular formula is C19H22ClN3O2. The van der Waals surface area contributed by atoms with E-state index < -0.39 is 0 Å². The third-order valence-electron chi connectivity index (χ3n) is 4.14. The van der Waals surface area contributed by atoms with Gasteiger partial charge in [-0.25, -0.2) is 0 Å². The van der Waals surface area contributed by atoms with Crippen molar-refractivity contribution in [2.45, 2.75) is 6.92 Å². The summed E-state index contributed by atoms with van der Waals surface area (Å²) < 4.78 is 5.40. The number of nitrogens with zero attached hydrogens (tertiary/aromatic N) is 3. The maximum Gasteiger partial charge on any atom is 0.166 e. The van der Waals surface area contributed by atoms with E-state index in [9.17, 15) is 5.11 Å². The second-order valence-corrected chi connectivity index (χ2v) is 6.23. The number of anilines is 1. The average Bonchev–Trinajstić information content (AvgIpc) is 2.64. The minimum Gasteiger partial charge on any atom is -0.504 e. The van der Waals surface area contributed by atoms with Crippen LogP contribution in [0.3, 0.4) is 0 Å². The molecule has 2 aromatic carbocycles. The summed E-state index contributed by atoms with van der Waals surface area (Å²) in [6.07, 6.45) is 1.69. The number of piperazine rings is 1. The van der Waals surface area contributed by atoms with Crippen LogP contribution < -0.4 is 9.64 Å². The van der Waals surface area contributed by atoms with E-state index in [0.717, 1.165) is 31.2 Å². The van der Waals surface area contributed by atoms with Gasteiger partial charge < -0.3 is 14.7 Å². The lowest BCUT2D eigenvalue weighted by atomic mass is 10.2. The summed E-state index contributed by atoms with van der Waals surface area (Å²) in [6, 6.07) is 13.3. The van der Waals surface area contributed by atoms with Gasteiger partial charge in [-0.15, -0.1) is 0 Å². The van der Waals surface area contributed by atoms with Crippen LogP contribution in [0.25, 0.3) is 0 Å². The van der Waals surface area contributed by atoms with E-state index in [1.54, 1.807) is 12.3 Å². The monoisotopic (exact) mass is 359 g/mol. The summed E-state index contributed by atoms with van der Waals surface area (Å²) in [4.78, 5) is 2.32. The zero-order valence-electron chi connectivity index (χ0n) is 14.2. The summed E-state index contributed by atoms with van der Waals surface area (Å²) in [5.41, 5.74) is 1.83. The molecule has 1 N–H and O–H groups in total. The molecule has 0 aromatic heterocycles. The summed E-state index contributed by atoms with van der Waals surface area (Å²) in [5.74, 6) is 0.618. The van der Waals surface area contributed by atoms with Crippen molar-refractivity contribution in [2.75, 3.05) is 37.7 Å². The predicted octanol–water partition coefficient (Wildman–Crippen LogP) is 3.60. The van der Waals surface area contributed by atoms with E-state index in [1.165, 1.54) is 5.69 Å². The Morgan fingerprint density at radius 2 is 1.84 bits per heavy atom. The first-order chi connectivity index (χ1) is 12.2. The molecule has 6 heteroatoms. The molecule has 1 heterocycles. The lowest BCUT2D eigenvalue weighted by molar-refractivity contribution is 0.272. The van der Waals surface area contributed by atoms with Crippen molar-refractivity contribution in [3.05, 3.63) is 53.1 Å². The Balaban J connectivity index is 1.59. The van der Waals surface area contributed by atoms with Gasteiger partial charge in [0, 0.05) is 29.4 Å². The number of aromatic hydroxyl groups is 1. The number of hydrogen-bond donors (Lipinski definition) is 1. The Morgan fingerprint density at radius 1 is 1.12 bits per heavy atom. The van der Waals surface area contributed by atoms with Gasteiger partial charge in [-0.1, -0.05) is 17.7 Å². The third kappa shape index (κ3) is 4.37. The van der Waals surface area contributed by atoms with E-state index in [2.05, 4.69) is 10.0 Å². The largest absolute Gasteiger partial charge is 0.504 e. The molecule has 1 aliphatic rings. The quantitative estimate of drug-likeness (QED) is 0.829. The fourth-order valence-corrected chi connectivity index (χ4v) is 2.91. The molecule has 1 saturated heterocycles. The number of phenols is 1. The number of hydrazone groups is 1. The van der Waals surface area contributed by atoms with Crippen LogP contribution in [0.1, 0.15) is 12.5 Å². The van der Waals surface area contributed by atoms with Crippen LogP contribution in [0, 0.1) is 0 Å². The number of hydrogen-bond acceptors (Lipinski definition) is 5. The normalized spacial score (nSPS) is 15.0. The minimum absolute atomic E-state index is 0.132. The Morgan fingerprint density at radius 3 is 2.52 bits per heavy atom. The van der Waals surface area contributed by atoms with E-state index >= 15 is 0 Å². The Labute approximate surface area is 153 Å². The van der Waals surface area contributed by atoms with Crippen LogP contribution in [-0.2, 0) is 0 Å². The van der Waals surface area contributed by atoms with Crippen LogP contribution in [-0.4, -0.2) is 49.1 Å². The highest BCUT2D eigenvalue weighted by molar-refractivity contribution is 6.30. The average molecular weight is 360 g/mol. The fourth-order valence-electron chi connectivity index (χ4n) is 2.78. The third-order valence-corrected chi connectivity index (χ3v) is 4.39. The van der Waals surface area contributed by atoms with Crippen LogP contribution >= 0.6 is 11.6 Å². The highest BCUT2D eigenvalue weighted by atomic mass is 35.5. The van der Waals surface area contributed by atoms with Crippen LogP contribution in [0.4, 0.5) is 5.69 Å². The zero-order valence-corrected chi connectivity index (χ0v) is 15.0. The highest BCUT2D eigenvalue weighted by Gasteiger charge is 2.16. The number of benzene rings is 2. The first-order valence-corrected chi connectivity index (χ1v) is 8.79. The molecule has 5 nitrogen and oxygen atoms in total. The van der Waals surface area contributed by atoms with Gasteiger partial charge in [0.15, 0.2) is 11.5 Å². The molecule has 2 aromatic rings. The Hall–Kier alpha value is -2.40. The highest BCUT2D eigenvalue weighted by Crippen LogP contribution is 2.28. The first kappa shape index (κ1) is 17.4. The van der Waals surface area contributed by atoms with Gasteiger partial charge in [-0.05, 0) is 43.3 Å². The molecule has 0 aliphatic carbocycles. The number of phenolic OH excluding ortho intramolecular Hbond substituents is 1. The van der Waals surface area contributed by atoms with E-state index in [4.69, 9.17) is 16.3 Å². The van der Waals surface area contributed by atoms with Crippen molar-refractivity contribution in [3.63, 3.8) is 0 Å². The Bertz CT molecular complexity index is 726. The van der Waals surface area contributed by atoms with Crippen molar-refractivity contribution < 1.29 is 9.84 Å². The predicted molar refractivity (Wildman–Crippen MR) is 102 cm³/mol. The minimum atomic E-state index is 0.132. The van der Waals surface area contributed by atoms with E-state index in [1.807, 2.05) is 48.3 Å².